The fourth-order valence-corrected chi connectivity index (χ4v) is 6.36. The van der Waals surface area contributed by atoms with Crippen LogP contribution in [0.25, 0.3) is 0 Å². The number of nitrogen functional groups attached to an aromatic ring is 1. The normalized spacial score (nSPS) is 18.2. The highest BCUT2D eigenvalue weighted by atomic mass is 19.4. The minimum absolute atomic E-state index is 0.0390. The molecule has 0 aromatic carbocycles. The van der Waals surface area contributed by atoms with Gasteiger partial charge in [-0.3, -0.25) is 24.5 Å². The molecule has 5 rings (SSSR count). The summed E-state index contributed by atoms with van der Waals surface area (Å²) in [7, 11) is 0. The van der Waals surface area contributed by atoms with E-state index in [1.165, 1.54) is 29.4 Å². The van der Waals surface area contributed by atoms with E-state index in [0.29, 0.717) is 49.6 Å². The monoisotopic (exact) mass is 645 g/mol. The summed E-state index contributed by atoms with van der Waals surface area (Å²) in [5.74, 6) is -3.78. The lowest BCUT2D eigenvalue weighted by Gasteiger charge is -2.42. The maximum Gasteiger partial charge on any atom is 0.471 e. The first kappa shape index (κ1) is 33.2. The number of piperidine rings is 2. The second-order valence-electron chi connectivity index (χ2n) is 12.0. The van der Waals surface area contributed by atoms with Gasteiger partial charge in [-0.05, 0) is 60.2 Å². The average molecular weight is 646 g/mol. The minimum Gasteiger partial charge on any atom is -0.384 e. The Morgan fingerprint density at radius 1 is 1.00 bits per heavy atom. The number of carbonyl (C=O) groups is 2. The molecule has 2 saturated heterocycles. The van der Waals surface area contributed by atoms with Gasteiger partial charge < -0.3 is 15.5 Å². The molecule has 3 aromatic heterocycles. The van der Waals surface area contributed by atoms with Crippen molar-refractivity contribution < 1.29 is 31.5 Å². The highest BCUT2D eigenvalue weighted by molar-refractivity contribution is 5.85. The topological polar surface area (TPSA) is 109 Å². The minimum atomic E-state index is -5.12. The Hall–Kier alpha value is -4.20. The second-order valence-corrected chi connectivity index (χ2v) is 12.0. The number of alkyl halides is 4. The Morgan fingerprint density at radius 2 is 1.74 bits per heavy atom. The van der Waals surface area contributed by atoms with Gasteiger partial charge >= 0.3 is 12.1 Å². The van der Waals surface area contributed by atoms with Gasteiger partial charge in [0.2, 0.25) is 0 Å². The quantitative estimate of drug-likeness (QED) is 0.341. The fourth-order valence-electron chi connectivity index (χ4n) is 6.36. The summed E-state index contributed by atoms with van der Waals surface area (Å²) in [5, 5.41) is 0. The summed E-state index contributed by atoms with van der Waals surface area (Å²) in [6, 6.07) is 9.32. The van der Waals surface area contributed by atoms with E-state index in [-0.39, 0.29) is 44.9 Å². The van der Waals surface area contributed by atoms with Gasteiger partial charge in [-0.25, -0.2) is 13.8 Å². The number of halogens is 5. The molecule has 2 fully saturated rings. The number of rotatable bonds is 9. The lowest BCUT2D eigenvalue weighted by atomic mass is 9.80. The average Bonchev–Trinajstić information content (AvgIpc) is 3.04. The van der Waals surface area contributed by atoms with Crippen molar-refractivity contribution in [3.8, 4) is 0 Å². The van der Waals surface area contributed by atoms with Crippen LogP contribution in [0.3, 0.4) is 0 Å². The van der Waals surface area contributed by atoms with Crippen molar-refractivity contribution >= 4 is 17.6 Å². The molecule has 0 aliphatic carbocycles. The SMILES string of the molecule is Nc1cc(CN2CCC(F)(C(=O)N3CCC(C(CN(Cc4cccnc4)C(=O)C(F)(F)F)c4ccc(F)cn4)CC3)CC2)ccn1. The highest BCUT2D eigenvalue weighted by Gasteiger charge is 2.46. The van der Waals surface area contributed by atoms with Crippen LogP contribution in [0.4, 0.5) is 27.8 Å². The zero-order valence-corrected chi connectivity index (χ0v) is 25.2. The highest BCUT2D eigenvalue weighted by Crippen LogP contribution is 2.37. The first-order valence-corrected chi connectivity index (χ1v) is 15.2. The number of aromatic nitrogens is 3. The van der Waals surface area contributed by atoms with E-state index in [9.17, 15) is 27.2 Å². The summed E-state index contributed by atoms with van der Waals surface area (Å²) in [6.07, 6.45) is 1.13. The number of hydrogen-bond donors (Lipinski definition) is 1. The van der Waals surface area contributed by atoms with E-state index in [0.717, 1.165) is 16.7 Å². The molecular weight excluding hydrogens is 609 g/mol. The Morgan fingerprint density at radius 3 is 2.35 bits per heavy atom. The van der Waals surface area contributed by atoms with Gasteiger partial charge in [-0.15, -0.1) is 0 Å². The molecule has 246 valence electrons. The molecular formula is C32H36F5N7O2. The Kier molecular flexibility index (Phi) is 10.1. The summed E-state index contributed by atoms with van der Waals surface area (Å²) >= 11 is 0. The third-order valence-corrected chi connectivity index (χ3v) is 8.85. The molecule has 2 N–H and O–H groups in total. The summed E-state index contributed by atoms with van der Waals surface area (Å²) in [5.41, 5.74) is 5.44. The van der Waals surface area contributed by atoms with Gasteiger partial charge in [0.25, 0.3) is 5.91 Å². The van der Waals surface area contributed by atoms with Crippen LogP contribution in [0, 0.1) is 11.7 Å². The Labute approximate surface area is 263 Å². The van der Waals surface area contributed by atoms with Crippen molar-refractivity contribution in [2.24, 2.45) is 5.92 Å². The standard InChI is InChI=1S/C32H36F5N7O2/c33-25-3-4-27(41-18-25)26(21-44(30(46)32(35,36)37)20-23-2-1-10-39-17-23)24-6-12-43(13-7-24)29(45)31(34)8-14-42(15-9-31)19-22-5-11-40-28(38)16-22/h1-5,10-11,16-18,24,26H,6-9,12-15,19-21H2,(H2,38,40). The van der Waals surface area contributed by atoms with Crippen LogP contribution in [-0.2, 0) is 22.7 Å². The number of hydrogen-bond acceptors (Lipinski definition) is 7. The van der Waals surface area contributed by atoms with Crippen molar-refractivity contribution in [2.45, 2.75) is 56.5 Å². The number of carbonyl (C=O) groups excluding carboxylic acids is 2. The molecule has 9 nitrogen and oxygen atoms in total. The summed E-state index contributed by atoms with van der Waals surface area (Å²) < 4.78 is 70.8. The van der Waals surface area contributed by atoms with Gasteiger partial charge in [0.15, 0.2) is 5.67 Å². The fraction of sp³-hybridized carbons (Fsp3) is 0.469. The van der Waals surface area contributed by atoms with Gasteiger partial charge in [0.1, 0.15) is 11.6 Å². The van der Waals surface area contributed by atoms with Crippen molar-refractivity contribution in [1.29, 1.82) is 0 Å². The van der Waals surface area contributed by atoms with Crippen molar-refractivity contribution in [3.63, 3.8) is 0 Å². The number of amides is 2. The van der Waals surface area contributed by atoms with E-state index in [4.69, 9.17) is 5.73 Å². The van der Waals surface area contributed by atoms with Gasteiger partial charge in [-0.2, -0.15) is 13.2 Å². The maximum atomic E-state index is 16.0. The lowest BCUT2D eigenvalue weighted by Crippen LogP contribution is -2.54. The molecule has 5 heterocycles. The molecule has 2 aliphatic rings. The second kappa shape index (κ2) is 14.1. The first-order valence-electron chi connectivity index (χ1n) is 15.2. The molecule has 2 aliphatic heterocycles. The molecule has 46 heavy (non-hydrogen) atoms. The summed E-state index contributed by atoms with van der Waals surface area (Å²) in [4.78, 5) is 42.3. The van der Waals surface area contributed by atoms with E-state index >= 15 is 4.39 Å². The van der Waals surface area contributed by atoms with Crippen LogP contribution in [0.15, 0.2) is 61.2 Å². The smallest absolute Gasteiger partial charge is 0.384 e. The molecule has 0 radical (unpaired) electrons. The number of nitrogens with zero attached hydrogens (tertiary/aromatic N) is 6. The van der Waals surface area contributed by atoms with E-state index < -0.39 is 35.4 Å². The zero-order valence-electron chi connectivity index (χ0n) is 25.2. The number of likely N-dealkylation sites (tertiary alicyclic amines) is 2. The maximum absolute atomic E-state index is 16.0. The predicted octanol–water partition coefficient (Wildman–Crippen LogP) is 4.51. The molecule has 0 bridgehead atoms. The third-order valence-electron chi connectivity index (χ3n) is 8.85. The van der Waals surface area contributed by atoms with E-state index in [1.807, 2.05) is 6.07 Å². The van der Waals surface area contributed by atoms with E-state index in [1.54, 1.807) is 24.4 Å². The Balaban J connectivity index is 1.25. The number of pyridine rings is 3. The van der Waals surface area contributed by atoms with Crippen molar-refractivity contribution in [3.05, 3.63) is 83.8 Å². The number of nitrogens with two attached hydrogens (primary N) is 1. The van der Waals surface area contributed by atoms with Gasteiger partial charge in [0.05, 0.1) is 6.20 Å². The molecule has 1 unspecified atom stereocenters. The summed E-state index contributed by atoms with van der Waals surface area (Å²) in [6.45, 7) is 1.06. The molecule has 1 atom stereocenters. The van der Waals surface area contributed by atoms with Gasteiger partial charge in [0, 0.05) is 88.9 Å². The molecule has 0 saturated carbocycles. The van der Waals surface area contributed by atoms with Crippen molar-refractivity contribution in [2.75, 3.05) is 38.5 Å². The largest absolute Gasteiger partial charge is 0.471 e. The van der Waals surface area contributed by atoms with Crippen molar-refractivity contribution in [1.82, 2.24) is 29.7 Å². The lowest BCUT2D eigenvalue weighted by molar-refractivity contribution is -0.186. The molecule has 2 amide bonds. The number of anilines is 1. The third kappa shape index (κ3) is 8.14. The molecule has 3 aromatic rings. The van der Waals surface area contributed by atoms with E-state index in [2.05, 4.69) is 19.9 Å². The predicted molar refractivity (Wildman–Crippen MR) is 159 cm³/mol. The van der Waals surface area contributed by atoms with Crippen LogP contribution in [-0.4, -0.2) is 86.0 Å². The van der Waals surface area contributed by atoms with Crippen LogP contribution in [0.5, 0.6) is 0 Å². The van der Waals surface area contributed by atoms with Gasteiger partial charge in [-0.1, -0.05) is 6.07 Å². The zero-order chi connectivity index (χ0) is 32.9. The van der Waals surface area contributed by atoms with Crippen LogP contribution < -0.4 is 5.73 Å². The van der Waals surface area contributed by atoms with Crippen LogP contribution >= 0.6 is 0 Å². The van der Waals surface area contributed by atoms with Crippen LogP contribution in [0.1, 0.15) is 48.4 Å². The first-order chi connectivity index (χ1) is 21.9. The Bertz CT molecular complexity index is 1480. The molecule has 14 heteroatoms. The van der Waals surface area contributed by atoms with Crippen LogP contribution in [0.2, 0.25) is 0 Å². The molecule has 0 spiro atoms.